The van der Waals surface area contributed by atoms with Crippen molar-refractivity contribution in [3.8, 4) is 11.3 Å². The van der Waals surface area contributed by atoms with Gasteiger partial charge in [-0.1, -0.05) is 24.3 Å². The highest BCUT2D eigenvalue weighted by atomic mass is 16.6. The van der Waals surface area contributed by atoms with E-state index < -0.39 is 15.8 Å². The summed E-state index contributed by atoms with van der Waals surface area (Å²) < 4.78 is 5.43. The zero-order valence-electron chi connectivity index (χ0n) is 13.1. The predicted octanol–water partition coefficient (Wildman–Crippen LogP) is 4.02. The van der Waals surface area contributed by atoms with Crippen LogP contribution in [-0.2, 0) is 0 Å². The van der Waals surface area contributed by atoms with Gasteiger partial charge in [0.25, 0.3) is 17.3 Å². The van der Waals surface area contributed by atoms with Gasteiger partial charge in [0, 0.05) is 23.8 Å². The van der Waals surface area contributed by atoms with Crippen molar-refractivity contribution in [3.05, 3.63) is 86.7 Å². The lowest BCUT2D eigenvalue weighted by Crippen LogP contribution is -2.12. The molecule has 3 rings (SSSR count). The van der Waals surface area contributed by atoms with Crippen LogP contribution in [-0.4, -0.2) is 15.8 Å². The van der Waals surface area contributed by atoms with Crippen LogP contribution < -0.4 is 5.32 Å². The molecule has 0 unspecified atom stereocenters. The van der Waals surface area contributed by atoms with Crippen molar-refractivity contribution in [2.75, 3.05) is 5.32 Å². The fourth-order valence-corrected chi connectivity index (χ4v) is 2.31. The molecule has 26 heavy (non-hydrogen) atoms. The quantitative estimate of drug-likeness (QED) is 0.545. The number of hydrogen-bond acceptors (Lipinski definition) is 6. The first kappa shape index (κ1) is 16.8. The van der Waals surface area contributed by atoms with Crippen LogP contribution in [0.1, 0.15) is 10.6 Å². The largest absolute Gasteiger partial charge is 0.451 e. The Balaban J connectivity index is 1.84. The Morgan fingerprint density at radius 1 is 0.923 bits per heavy atom. The Hall–Kier alpha value is -4.01. The highest BCUT2D eigenvalue weighted by Crippen LogP contribution is 2.27. The summed E-state index contributed by atoms with van der Waals surface area (Å²) in [5, 5.41) is 24.3. The zero-order valence-corrected chi connectivity index (χ0v) is 13.1. The van der Waals surface area contributed by atoms with Gasteiger partial charge in [-0.25, -0.2) is 0 Å². The standard InChI is InChI=1S/C17H11N3O6/c21-17(18-13-6-1-2-7-14(13)20(24)25)16-9-8-15(26-16)11-4-3-5-12(10-11)19(22)23/h1-10H,(H,18,21). The summed E-state index contributed by atoms with van der Waals surface area (Å²) in [4.78, 5) is 33.0. The molecule has 1 aromatic heterocycles. The van der Waals surface area contributed by atoms with Crippen LogP contribution in [0, 0.1) is 20.2 Å². The van der Waals surface area contributed by atoms with Crippen molar-refractivity contribution in [3.63, 3.8) is 0 Å². The van der Waals surface area contributed by atoms with Crippen molar-refractivity contribution < 1.29 is 19.1 Å². The van der Waals surface area contributed by atoms with E-state index in [9.17, 15) is 25.0 Å². The number of non-ortho nitro benzene ring substituents is 1. The van der Waals surface area contributed by atoms with E-state index in [0.717, 1.165) is 0 Å². The average Bonchev–Trinajstić information content (AvgIpc) is 3.12. The predicted molar refractivity (Wildman–Crippen MR) is 91.8 cm³/mol. The molecule has 9 nitrogen and oxygen atoms in total. The molecule has 9 heteroatoms. The number of nitro groups is 2. The number of carbonyl (C=O) groups is 1. The van der Waals surface area contributed by atoms with Crippen LogP contribution in [0.3, 0.4) is 0 Å². The van der Waals surface area contributed by atoms with Crippen molar-refractivity contribution >= 4 is 23.0 Å². The van der Waals surface area contributed by atoms with Gasteiger partial charge in [-0.05, 0) is 18.2 Å². The molecule has 0 bridgehead atoms. The van der Waals surface area contributed by atoms with Crippen molar-refractivity contribution in [2.45, 2.75) is 0 Å². The molecule has 0 saturated carbocycles. The number of nitro benzene ring substituents is 2. The van der Waals surface area contributed by atoms with Gasteiger partial charge < -0.3 is 9.73 Å². The summed E-state index contributed by atoms with van der Waals surface area (Å²) in [6.07, 6.45) is 0. The number of hydrogen-bond donors (Lipinski definition) is 1. The maximum Gasteiger partial charge on any atom is 0.292 e. The Bertz CT molecular complexity index is 1010. The van der Waals surface area contributed by atoms with Gasteiger partial charge in [0.1, 0.15) is 11.4 Å². The van der Waals surface area contributed by atoms with Crippen LogP contribution in [0.2, 0.25) is 0 Å². The lowest BCUT2D eigenvalue weighted by Gasteiger charge is -2.04. The Morgan fingerprint density at radius 3 is 2.42 bits per heavy atom. The second-order valence-electron chi connectivity index (χ2n) is 5.20. The monoisotopic (exact) mass is 353 g/mol. The third-order valence-electron chi connectivity index (χ3n) is 3.52. The molecule has 0 atom stereocenters. The highest BCUT2D eigenvalue weighted by molar-refractivity contribution is 6.03. The first-order valence-corrected chi connectivity index (χ1v) is 7.35. The normalized spacial score (nSPS) is 10.3. The maximum absolute atomic E-state index is 12.3. The minimum atomic E-state index is -0.670. The minimum absolute atomic E-state index is 0.0378. The second kappa shape index (κ2) is 6.85. The molecule has 2 aromatic carbocycles. The van der Waals surface area contributed by atoms with Crippen LogP contribution in [0.15, 0.2) is 65.1 Å². The molecule has 3 aromatic rings. The minimum Gasteiger partial charge on any atom is -0.451 e. The molecular weight excluding hydrogens is 342 g/mol. The van der Waals surface area contributed by atoms with Crippen LogP contribution in [0.25, 0.3) is 11.3 Å². The number of anilines is 1. The number of para-hydroxylation sites is 2. The Labute approximate surface area is 146 Å². The van der Waals surface area contributed by atoms with Crippen LogP contribution in [0.4, 0.5) is 17.1 Å². The van der Waals surface area contributed by atoms with Crippen LogP contribution >= 0.6 is 0 Å². The first-order valence-electron chi connectivity index (χ1n) is 7.35. The van der Waals surface area contributed by atoms with E-state index in [1.54, 1.807) is 12.1 Å². The summed E-state index contributed by atoms with van der Waals surface area (Å²) in [6, 6.07) is 14.4. The zero-order chi connectivity index (χ0) is 18.7. The molecule has 0 aliphatic heterocycles. The van der Waals surface area contributed by atoms with E-state index in [1.165, 1.54) is 48.5 Å². The van der Waals surface area contributed by atoms with Gasteiger partial charge in [0.15, 0.2) is 5.76 Å². The van der Waals surface area contributed by atoms with E-state index in [4.69, 9.17) is 4.42 Å². The van der Waals surface area contributed by atoms with Gasteiger partial charge >= 0.3 is 0 Å². The van der Waals surface area contributed by atoms with E-state index >= 15 is 0 Å². The Morgan fingerprint density at radius 2 is 1.69 bits per heavy atom. The summed E-state index contributed by atoms with van der Waals surface area (Å²) in [5.41, 5.74) is 0.121. The molecule has 0 spiro atoms. The van der Waals surface area contributed by atoms with E-state index in [0.29, 0.717) is 5.56 Å². The molecule has 1 heterocycles. The smallest absolute Gasteiger partial charge is 0.292 e. The lowest BCUT2D eigenvalue weighted by atomic mass is 10.1. The Kier molecular flexibility index (Phi) is 4.44. The van der Waals surface area contributed by atoms with Gasteiger partial charge in [0.05, 0.1) is 9.85 Å². The SMILES string of the molecule is O=C(Nc1ccccc1[N+](=O)[O-])c1ccc(-c2cccc([N+](=O)[O-])c2)o1. The lowest BCUT2D eigenvalue weighted by molar-refractivity contribution is -0.384. The van der Waals surface area contributed by atoms with Crippen LogP contribution in [0.5, 0.6) is 0 Å². The third kappa shape index (κ3) is 3.41. The molecule has 0 aliphatic carbocycles. The van der Waals surface area contributed by atoms with E-state index in [1.807, 2.05) is 0 Å². The summed E-state index contributed by atoms with van der Waals surface area (Å²) >= 11 is 0. The number of rotatable bonds is 5. The highest BCUT2D eigenvalue weighted by Gasteiger charge is 2.18. The first-order chi connectivity index (χ1) is 12.5. The molecule has 130 valence electrons. The molecule has 0 aliphatic rings. The van der Waals surface area contributed by atoms with Crippen molar-refractivity contribution in [2.24, 2.45) is 0 Å². The molecule has 0 saturated heterocycles. The molecule has 0 fully saturated rings. The van der Waals surface area contributed by atoms with E-state index in [2.05, 4.69) is 5.32 Å². The topological polar surface area (TPSA) is 129 Å². The molecule has 0 radical (unpaired) electrons. The third-order valence-corrected chi connectivity index (χ3v) is 3.52. The number of nitrogens with one attached hydrogen (secondary N) is 1. The van der Waals surface area contributed by atoms with Crippen molar-refractivity contribution in [1.82, 2.24) is 0 Å². The summed E-state index contributed by atoms with van der Waals surface area (Å²) in [7, 11) is 0. The second-order valence-corrected chi connectivity index (χ2v) is 5.20. The van der Waals surface area contributed by atoms with Gasteiger partial charge in [-0.2, -0.15) is 0 Å². The van der Waals surface area contributed by atoms with Gasteiger partial charge in [0.2, 0.25) is 0 Å². The average molecular weight is 353 g/mol. The number of benzene rings is 2. The number of amides is 1. The summed E-state index contributed by atoms with van der Waals surface area (Å²) in [5.74, 6) is -0.484. The van der Waals surface area contributed by atoms with Gasteiger partial charge in [-0.3, -0.25) is 25.0 Å². The van der Waals surface area contributed by atoms with Gasteiger partial charge in [-0.15, -0.1) is 0 Å². The number of carbonyl (C=O) groups excluding carboxylic acids is 1. The number of nitrogens with zero attached hydrogens (tertiary/aromatic N) is 2. The summed E-state index contributed by atoms with van der Waals surface area (Å²) in [6.45, 7) is 0. The fraction of sp³-hybridized carbons (Fsp3) is 0. The maximum atomic E-state index is 12.3. The molecule has 1 N–H and O–H groups in total. The van der Waals surface area contributed by atoms with E-state index in [-0.39, 0.29) is 28.6 Å². The fourth-order valence-electron chi connectivity index (χ4n) is 2.31. The molecular formula is C17H11N3O6. The molecule has 1 amide bonds. The van der Waals surface area contributed by atoms with Crippen molar-refractivity contribution in [1.29, 1.82) is 0 Å². The number of furan rings is 1.